The molecule has 0 saturated carbocycles. The summed E-state index contributed by atoms with van der Waals surface area (Å²) in [6.45, 7) is 10.2. The Balaban J connectivity index is 2.41. The highest BCUT2D eigenvalue weighted by Crippen LogP contribution is 1.99. The van der Waals surface area contributed by atoms with E-state index in [1.165, 1.54) is 0 Å². The lowest BCUT2D eigenvalue weighted by Gasteiger charge is -2.39. The molecule has 12 heavy (non-hydrogen) atoms. The molecule has 1 aliphatic heterocycles. The predicted octanol–water partition coefficient (Wildman–Crippen LogP) is -1.23. The first kappa shape index (κ1) is 10.2. The fourth-order valence-corrected chi connectivity index (χ4v) is 1.58. The van der Waals surface area contributed by atoms with E-state index in [-0.39, 0.29) is 0 Å². The van der Waals surface area contributed by atoms with E-state index in [1.54, 1.807) is 0 Å². The second-order valence-corrected chi connectivity index (χ2v) is 3.39. The van der Waals surface area contributed by atoms with Crippen LogP contribution in [-0.2, 0) is 0 Å². The zero-order valence-corrected chi connectivity index (χ0v) is 8.58. The number of hydrogen-bond acceptors (Lipinski definition) is 3. The molecule has 0 atom stereocenters. The molecule has 0 radical (unpaired) electrons. The number of hydrogen-bond donors (Lipinski definition) is 0. The van der Waals surface area contributed by atoms with Crippen molar-refractivity contribution in [2.24, 2.45) is 0 Å². The van der Waals surface area contributed by atoms with Crippen molar-refractivity contribution in [3.8, 4) is 0 Å². The highest BCUT2D eigenvalue weighted by molar-refractivity contribution is 6.64. The standard InChI is InChI=1S/C6H18B3N3/c1-4-10-7-11(5-2)9-12(6-3)8-10/h7-9H,4-6H2,1-3H3. The van der Waals surface area contributed by atoms with Gasteiger partial charge in [0.2, 0.25) is 0 Å². The fourth-order valence-electron chi connectivity index (χ4n) is 1.58. The molecular formula is C6H18B3N3. The summed E-state index contributed by atoms with van der Waals surface area (Å²) < 4.78 is 7.41. The first-order chi connectivity index (χ1) is 5.80. The van der Waals surface area contributed by atoms with Crippen molar-refractivity contribution < 1.29 is 0 Å². The monoisotopic (exact) mass is 165 g/mol. The highest BCUT2D eigenvalue weighted by atomic mass is 15.3. The van der Waals surface area contributed by atoms with E-state index in [4.69, 9.17) is 0 Å². The number of rotatable bonds is 3. The molecule has 0 bridgehead atoms. The minimum atomic E-state index is 1.14. The quantitative estimate of drug-likeness (QED) is 0.484. The summed E-state index contributed by atoms with van der Waals surface area (Å²) in [6.07, 6.45) is 0. The third kappa shape index (κ3) is 2.54. The second-order valence-electron chi connectivity index (χ2n) is 3.39. The molecule has 0 unspecified atom stereocenters. The van der Waals surface area contributed by atoms with Gasteiger partial charge in [0, 0.05) is 0 Å². The van der Waals surface area contributed by atoms with E-state index in [0.717, 1.165) is 42.3 Å². The van der Waals surface area contributed by atoms with Gasteiger partial charge in [-0.3, -0.25) is 0 Å². The van der Waals surface area contributed by atoms with Gasteiger partial charge in [-0.2, -0.15) is 0 Å². The summed E-state index contributed by atoms with van der Waals surface area (Å²) in [7, 11) is 3.43. The summed E-state index contributed by atoms with van der Waals surface area (Å²) in [4.78, 5) is 0. The lowest BCUT2D eigenvalue weighted by molar-refractivity contribution is 0.506. The third-order valence-electron chi connectivity index (χ3n) is 2.54. The summed E-state index contributed by atoms with van der Waals surface area (Å²) in [6, 6.07) is 0. The van der Waals surface area contributed by atoms with Gasteiger partial charge in [0.1, 0.15) is 0 Å². The molecule has 3 nitrogen and oxygen atoms in total. The van der Waals surface area contributed by atoms with E-state index < -0.39 is 0 Å². The molecule has 0 aromatic carbocycles. The van der Waals surface area contributed by atoms with Crippen LogP contribution in [-0.4, -0.2) is 56.4 Å². The Labute approximate surface area is 77.9 Å². The normalized spacial score (nSPS) is 21.2. The first-order valence-corrected chi connectivity index (χ1v) is 4.97. The van der Waals surface area contributed by atoms with Crippen molar-refractivity contribution in [3.05, 3.63) is 0 Å². The van der Waals surface area contributed by atoms with Gasteiger partial charge in [-0.05, 0) is 19.6 Å². The fraction of sp³-hybridized carbons (Fsp3) is 1.00. The average molecular weight is 165 g/mol. The maximum absolute atomic E-state index is 2.47. The van der Waals surface area contributed by atoms with Gasteiger partial charge in [0.05, 0.1) is 0 Å². The molecule has 0 aliphatic carbocycles. The van der Waals surface area contributed by atoms with Gasteiger partial charge < -0.3 is 14.2 Å². The lowest BCUT2D eigenvalue weighted by atomic mass is 9.74. The van der Waals surface area contributed by atoms with Crippen LogP contribution >= 0.6 is 0 Å². The van der Waals surface area contributed by atoms with Gasteiger partial charge in [-0.25, -0.2) is 0 Å². The summed E-state index contributed by atoms with van der Waals surface area (Å²) in [5, 5.41) is 0. The van der Waals surface area contributed by atoms with Gasteiger partial charge in [0.15, 0.2) is 0 Å². The lowest BCUT2D eigenvalue weighted by Crippen LogP contribution is -2.61. The molecule has 1 aliphatic rings. The molecule has 0 aromatic rings. The third-order valence-corrected chi connectivity index (χ3v) is 2.54. The zero-order chi connectivity index (χ0) is 8.97. The summed E-state index contributed by atoms with van der Waals surface area (Å²) >= 11 is 0. The minimum Gasteiger partial charge on any atom is -0.363 e. The van der Waals surface area contributed by atoms with Gasteiger partial charge in [0.25, 0.3) is 22.6 Å². The maximum atomic E-state index is 2.47. The Morgan fingerprint density at radius 1 is 0.667 bits per heavy atom. The van der Waals surface area contributed by atoms with E-state index in [2.05, 4.69) is 34.9 Å². The van der Waals surface area contributed by atoms with Crippen LogP contribution in [0, 0.1) is 0 Å². The van der Waals surface area contributed by atoms with Crippen molar-refractivity contribution in [1.29, 1.82) is 0 Å². The maximum Gasteiger partial charge on any atom is 0.270 e. The van der Waals surface area contributed by atoms with Gasteiger partial charge in [-0.1, -0.05) is 20.8 Å². The van der Waals surface area contributed by atoms with Crippen molar-refractivity contribution in [1.82, 2.24) is 14.2 Å². The van der Waals surface area contributed by atoms with Crippen LogP contribution in [0.5, 0.6) is 0 Å². The van der Waals surface area contributed by atoms with E-state index in [9.17, 15) is 0 Å². The molecule has 1 heterocycles. The van der Waals surface area contributed by atoms with Crippen LogP contribution in [0.25, 0.3) is 0 Å². The van der Waals surface area contributed by atoms with Crippen LogP contribution in [0.15, 0.2) is 0 Å². The largest absolute Gasteiger partial charge is 0.363 e. The van der Waals surface area contributed by atoms with Gasteiger partial charge in [-0.15, -0.1) is 0 Å². The SMILES string of the molecule is CCN1BN(CC)BN(CC)B1. The van der Waals surface area contributed by atoms with Crippen molar-refractivity contribution in [3.63, 3.8) is 0 Å². The van der Waals surface area contributed by atoms with Crippen molar-refractivity contribution >= 4 is 22.6 Å². The smallest absolute Gasteiger partial charge is 0.270 e. The van der Waals surface area contributed by atoms with Crippen LogP contribution in [0.3, 0.4) is 0 Å². The average Bonchev–Trinajstić information content (AvgIpc) is 2.16. The molecule has 1 fully saturated rings. The molecule has 1 rings (SSSR count). The topological polar surface area (TPSA) is 9.72 Å². The highest BCUT2D eigenvalue weighted by Gasteiger charge is 2.24. The van der Waals surface area contributed by atoms with Gasteiger partial charge >= 0.3 is 0 Å². The Kier molecular flexibility index (Phi) is 4.19. The molecule has 0 aromatic heterocycles. The Hall–Kier alpha value is 0.0748. The van der Waals surface area contributed by atoms with Crippen LogP contribution in [0.1, 0.15) is 20.8 Å². The molecule has 0 amide bonds. The van der Waals surface area contributed by atoms with Crippen LogP contribution in [0.2, 0.25) is 0 Å². The van der Waals surface area contributed by atoms with Crippen molar-refractivity contribution in [2.75, 3.05) is 19.6 Å². The van der Waals surface area contributed by atoms with Crippen LogP contribution < -0.4 is 0 Å². The first-order valence-electron chi connectivity index (χ1n) is 4.97. The second kappa shape index (κ2) is 4.95. The summed E-state index contributed by atoms with van der Waals surface area (Å²) in [5.41, 5.74) is 0. The Morgan fingerprint density at radius 3 is 1.08 bits per heavy atom. The zero-order valence-electron chi connectivity index (χ0n) is 8.58. The minimum absolute atomic E-state index is 1.14. The number of nitrogens with zero attached hydrogens (tertiary/aromatic N) is 3. The van der Waals surface area contributed by atoms with E-state index in [0.29, 0.717) is 0 Å². The van der Waals surface area contributed by atoms with Crippen LogP contribution in [0.4, 0.5) is 0 Å². The Bertz CT molecular complexity index is 105. The molecule has 1 saturated heterocycles. The van der Waals surface area contributed by atoms with E-state index in [1.807, 2.05) is 0 Å². The molecular weight excluding hydrogens is 147 g/mol. The molecule has 66 valence electrons. The van der Waals surface area contributed by atoms with Crippen molar-refractivity contribution in [2.45, 2.75) is 20.8 Å². The van der Waals surface area contributed by atoms with E-state index >= 15 is 0 Å². The Morgan fingerprint density at radius 2 is 0.917 bits per heavy atom. The summed E-state index contributed by atoms with van der Waals surface area (Å²) in [5.74, 6) is 0. The molecule has 0 N–H and O–H groups in total. The predicted molar refractivity (Wildman–Crippen MR) is 58.6 cm³/mol. The molecule has 0 spiro atoms. The molecule has 6 heteroatoms.